The molecule has 0 radical (unpaired) electrons. The first-order chi connectivity index (χ1) is 9.74. The zero-order valence-corrected chi connectivity index (χ0v) is 11.3. The van der Waals surface area contributed by atoms with Gasteiger partial charge in [0.05, 0.1) is 18.6 Å². The van der Waals surface area contributed by atoms with Crippen molar-refractivity contribution in [3.05, 3.63) is 35.6 Å². The number of amides is 1. The largest absolute Gasteiger partial charge is 0.374 e. The van der Waals surface area contributed by atoms with Crippen LogP contribution in [-0.2, 0) is 16.1 Å². The lowest BCUT2D eigenvalue weighted by Gasteiger charge is -2.36. The smallest absolute Gasteiger partial charge is 0.225 e. The number of carbonyl (C=O) groups excluding carboxylic acids is 1. The zero-order valence-electron chi connectivity index (χ0n) is 11.3. The molecule has 2 aliphatic rings. The van der Waals surface area contributed by atoms with Gasteiger partial charge in [-0.15, -0.1) is 0 Å². The number of hydrogen-bond donors (Lipinski definition) is 1. The SMILES string of the molecule is O=C1NCCO[C@@H]2CN(Cc3ccccc3F)CC[C@H]12. The van der Waals surface area contributed by atoms with Crippen LogP contribution in [0.2, 0.25) is 0 Å². The van der Waals surface area contributed by atoms with Crippen molar-refractivity contribution in [2.75, 3.05) is 26.2 Å². The van der Waals surface area contributed by atoms with E-state index in [1.54, 1.807) is 6.07 Å². The van der Waals surface area contributed by atoms with Crippen molar-refractivity contribution in [1.82, 2.24) is 10.2 Å². The van der Waals surface area contributed by atoms with Crippen LogP contribution in [-0.4, -0.2) is 43.2 Å². The number of nitrogens with zero attached hydrogens (tertiary/aromatic N) is 1. The van der Waals surface area contributed by atoms with Gasteiger partial charge in [0.25, 0.3) is 0 Å². The molecule has 0 unspecified atom stereocenters. The number of nitrogens with one attached hydrogen (secondary N) is 1. The molecule has 1 amide bonds. The quantitative estimate of drug-likeness (QED) is 0.883. The number of benzene rings is 1. The van der Waals surface area contributed by atoms with Crippen LogP contribution in [0.3, 0.4) is 0 Å². The summed E-state index contributed by atoms with van der Waals surface area (Å²) in [5.74, 6) is -0.137. The monoisotopic (exact) mass is 278 g/mol. The minimum Gasteiger partial charge on any atom is -0.374 e. The lowest BCUT2D eigenvalue weighted by atomic mass is 9.92. The molecule has 0 aromatic heterocycles. The molecule has 1 N–H and O–H groups in total. The van der Waals surface area contributed by atoms with Crippen LogP contribution in [0.1, 0.15) is 12.0 Å². The summed E-state index contributed by atoms with van der Waals surface area (Å²) < 4.78 is 19.4. The van der Waals surface area contributed by atoms with Gasteiger partial charge in [-0.05, 0) is 19.0 Å². The molecule has 0 saturated carbocycles. The van der Waals surface area contributed by atoms with E-state index >= 15 is 0 Å². The third-order valence-corrected chi connectivity index (χ3v) is 4.07. The zero-order chi connectivity index (χ0) is 13.9. The molecule has 1 aromatic carbocycles. The van der Waals surface area contributed by atoms with Gasteiger partial charge >= 0.3 is 0 Å². The Morgan fingerprint density at radius 2 is 2.25 bits per heavy atom. The van der Waals surface area contributed by atoms with Crippen molar-refractivity contribution in [2.24, 2.45) is 5.92 Å². The molecule has 2 heterocycles. The molecule has 2 saturated heterocycles. The third kappa shape index (κ3) is 2.83. The van der Waals surface area contributed by atoms with Crippen LogP contribution >= 0.6 is 0 Å². The van der Waals surface area contributed by atoms with E-state index in [-0.39, 0.29) is 23.7 Å². The predicted octanol–water partition coefficient (Wildman–Crippen LogP) is 1.16. The van der Waals surface area contributed by atoms with Gasteiger partial charge in [-0.25, -0.2) is 4.39 Å². The molecule has 2 aliphatic heterocycles. The second-order valence-electron chi connectivity index (χ2n) is 5.42. The highest BCUT2D eigenvalue weighted by Gasteiger charge is 2.36. The number of piperidine rings is 1. The molecule has 0 bridgehead atoms. The number of carbonyl (C=O) groups is 1. The Balaban J connectivity index is 1.66. The Morgan fingerprint density at radius 1 is 1.40 bits per heavy atom. The minimum absolute atomic E-state index is 0.0608. The second kappa shape index (κ2) is 5.89. The number of likely N-dealkylation sites (tertiary alicyclic amines) is 1. The molecule has 5 heteroatoms. The Kier molecular flexibility index (Phi) is 3.98. The lowest BCUT2D eigenvalue weighted by Crippen LogP contribution is -2.48. The van der Waals surface area contributed by atoms with E-state index in [0.29, 0.717) is 31.8 Å². The van der Waals surface area contributed by atoms with E-state index in [1.165, 1.54) is 6.07 Å². The summed E-state index contributed by atoms with van der Waals surface area (Å²) in [5, 5.41) is 2.87. The van der Waals surface area contributed by atoms with Crippen molar-refractivity contribution < 1.29 is 13.9 Å². The van der Waals surface area contributed by atoms with Crippen molar-refractivity contribution in [2.45, 2.75) is 19.1 Å². The molecular formula is C15H19FN2O2. The van der Waals surface area contributed by atoms with Crippen molar-refractivity contribution in [3.8, 4) is 0 Å². The van der Waals surface area contributed by atoms with Crippen LogP contribution in [0.25, 0.3) is 0 Å². The van der Waals surface area contributed by atoms with E-state index in [9.17, 15) is 9.18 Å². The van der Waals surface area contributed by atoms with Crippen molar-refractivity contribution in [1.29, 1.82) is 0 Å². The van der Waals surface area contributed by atoms with Crippen LogP contribution in [0.15, 0.2) is 24.3 Å². The predicted molar refractivity (Wildman–Crippen MR) is 72.5 cm³/mol. The molecule has 1 aromatic rings. The van der Waals surface area contributed by atoms with E-state index < -0.39 is 0 Å². The molecule has 20 heavy (non-hydrogen) atoms. The molecule has 0 aliphatic carbocycles. The van der Waals surface area contributed by atoms with E-state index in [2.05, 4.69) is 10.2 Å². The Bertz CT molecular complexity index is 495. The second-order valence-corrected chi connectivity index (χ2v) is 5.42. The van der Waals surface area contributed by atoms with Crippen LogP contribution in [0, 0.1) is 11.7 Å². The number of rotatable bonds is 2. The van der Waals surface area contributed by atoms with Crippen LogP contribution in [0.4, 0.5) is 4.39 Å². The molecule has 0 spiro atoms. The fourth-order valence-corrected chi connectivity index (χ4v) is 2.98. The highest BCUT2D eigenvalue weighted by molar-refractivity contribution is 5.79. The third-order valence-electron chi connectivity index (χ3n) is 4.07. The van der Waals surface area contributed by atoms with Crippen LogP contribution in [0.5, 0.6) is 0 Å². The maximum atomic E-state index is 13.7. The van der Waals surface area contributed by atoms with Gasteiger partial charge in [0, 0.05) is 25.2 Å². The van der Waals surface area contributed by atoms with Gasteiger partial charge in [0.1, 0.15) is 5.82 Å². The van der Waals surface area contributed by atoms with Gasteiger partial charge in [0.15, 0.2) is 0 Å². The van der Waals surface area contributed by atoms with Crippen molar-refractivity contribution >= 4 is 5.91 Å². The first kappa shape index (κ1) is 13.5. The van der Waals surface area contributed by atoms with E-state index in [4.69, 9.17) is 4.74 Å². The molecular weight excluding hydrogens is 259 g/mol. The molecule has 2 fully saturated rings. The summed E-state index contributed by atoms with van der Waals surface area (Å²) in [6.07, 6.45) is 0.698. The van der Waals surface area contributed by atoms with Crippen molar-refractivity contribution in [3.63, 3.8) is 0 Å². The first-order valence-corrected chi connectivity index (χ1v) is 7.09. The summed E-state index contributed by atoms with van der Waals surface area (Å²) in [4.78, 5) is 14.1. The summed E-state index contributed by atoms with van der Waals surface area (Å²) in [6.45, 7) is 3.19. The maximum Gasteiger partial charge on any atom is 0.225 e. The number of ether oxygens (including phenoxy) is 1. The van der Waals surface area contributed by atoms with Gasteiger partial charge in [-0.1, -0.05) is 18.2 Å². The Morgan fingerprint density at radius 3 is 3.10 bits per heavy atom. The summed E-state index contributed by atoms with van der Waals surface area (Å²) in [5.41, 5.74) is 0.698. The van der Waals surface area contributed by atoms with Gasteiger partial charge in [0.2, 0.25) is 5.91 Å². The minimum atomic E-state index is -0.172. The highest BCUT2D eigenvalue weighted by Crippen LogP contribution is 2.24. The molecule has 2 atom stereocenters. The fourth-order valence-electron chi connectivity index (χ4n) is 2.98. The maximum absolute atomic E-state index is 13.7. The molecule has 4 nitrogen and oxygen atoms in total. The Hall–Kier alpha value is -1.46. The Labute approximate surface area is 117 Å². The molecule has 108 valence electrons. The average Bonchev–Trinajstić information content (AvgIpc) is 2.63. The average molecular weight is 278 g/mol. The summed E-state index contributed by atoms with van der Waals surface area (Å²) >= 11 is 0. The summed E-state index contributed by atoms with van der Waals surface area (Å²) in [7, 11) is 0. The standard InChI is InChI=1S/C15H19FN2O2/c16-13-4-2-1-3-11(13)9-18-7-5-12-14(10-18)20-8-6-17-15(12)19/h1-4,12,14H,5-10H2,(H,17,19)/t12-,14+/m0/s1. The first-order valence-electron chi connectivity index (χ1n) is 7.09. The number of fused-ring (bicyclic) bond motifs is 1. The normalized spacial score (nSPS) is 27.6. The van der Waals surface area contributed by atoms with E-state index in [0.717, 1.165) is 13.0 Å². The topological polar surface area (TPSA) is 41.6 Å². The lowest BCUT2D eigenvalue weighted by molar-refractivity contribution is -0.130. The number of hydrogen-bond acceptors (Lipinski definition) is 3. The van der Waals surface area contributed by atoms with Crippen LogP contribution < -0.4 is 5.32 Å². The summed E-state index contributed by atoms with van der Waals surface area (Å²) in [6, 6.07) is 6.84. The fraction of sp³-hybridized carbons (Fsp3) is 0.533. The van der Waals surface area contributed by atoms with E-state index in [1.807, 2.05) is 12.1 Å². The molecule has 3 rings (SSSR count). The van der Waals surface area contributed by atoms with Gasteiger partial charge in [-0.3, -0.25) is 9.69 Å². The van der Waals surface area contributed by atoms with Gasteiger partial charge < -0.3 is 10.1 Å². The highest BCUT2D eigenvalue weighted by atomic mass is 19.1. The number of halogens is 1. The van der Waals surface area contributed by atoms with Gasteiger partial charge in [-0.2, -0.15) is 0 Å².